The number of hydrogen-bond donors (Lipinski definition) is 0. The Hall–Kier alpha value is -2.17. The monoisotopic (exact) mass is 246 g/mol. The van der Waals surface area contributed by atoms with Gasteiger partial charge in [0, 0.05) is 12.8 Å². The Bertz CT molecular complexity index is 467. The number of aliphatic carboxylic acids is 1. The molecule has 1 aliphatic heterocycles. The third-order valence-electron chi connectivity index (χ3n) is 2.95. The summed E-state index contributed by atoms with van der Waals surface area (Å²) in [5, 5.41) is 11.1. The lowest BCUT2D eigenvalue weighted by atomic mass is 10.1. The minimum absolute atomic E-state index is 0.0808. The van der Waals surface area contributed by atoms with Crippen LogP contribution in [0.3, 0.4) is 0 Å². The number of carboxylic acid groups (broad SMARTS) is 1. The predicted molar refractivity (Wildman–Crippen MR) is 60.0 cm³/mol. The van der Waals surface area contributed by atoms with Crippen molar-refractivity contribution in [2.75, 3.05) is 0 Å². The van der Waals surface area contributed by atoms with Gasteiger partial charge in [-0.25, -0.2) is 0 Å². The quantitative estimate of drug-likeness (QED) is 0.671. The van der Waals surface area contributed by atoms with Crippen molar-refractivity contribution in [2.45, 2.75) is 25.3 Å². The summed E-state index contributed by atoms with van der Waals surface area (Å²) in [6.45, 7) is 0. The van der Waals surface area contributed by atoms with Crippen molar-refractivity contribution in [1.29, 1.82) is 0 Å². The molecule has 1 heterocycles. The van der Waals surface area contributed by atoms with E-state index in [4.69, 9.17) is 0 Å². The SMILES string of the molecule is O=C([O-])[C@@H](Cc1ccccc1)N1C(=O)CCC1=O. The Morgan fingerprint density at radius 3 is 2.22 bits per heavy atom. The highest BCUT2D eigenvalue weighted by Gasteiger charge is 2.35. The van der Waals surface area contributed by atoms with Crippen LogP contribution in [0.4, 0.5) is 0 Å². The van der Waals surface area contributed by atoms with Crippen LogP contribution in [-0.2, 0) is 20.8 Å². The summed E-state index contributed by atoms with van der Waals surface area (Å²) in [7, 11) is 0. The van der Waals surface area contributed by atoms with Crippen LogP contribution in [0.2, 0.25) is 0 Å². The molecule has 1 atom stereocenters. The van der Waals surface area contributed by atoms with Crippen LogP contribution in [0.5, 0.6) is 0 Å². The summed E-state index contributed by atoms with van der Waals surface area (Å²) in [5.74, 6) is -2.28. The fourth-order valence-electron chi connectivity index (χ4n) is 2.06. The highest BCUT2D eigenvalue weighted by atomic mass is 16.4. The molecule has 1 aromatic carbocycles. The molecule has 2 amide bonds. The summed E-state index contributed by atoms with van der Waals surface area (Å²) in [5.41, 5.74) is 0.749. The number of carbonyl (C=O) groups excluding carboxylic acids is 3. The summed E-state index contributed by atoms with van der Waals surface area (Å²) in [6.07, 6.45) is 0.245. The van der Waals surface area contributed by atoms with E-state index >= 15 is 0 Å². The van der Waals surface area contributed by atoms with Gasteiger partial charge in [0.05, 0.1) is 12.0 Å². The van der Waals surface area contributed by atoms with Gasteiger partial charge in [-0.05, 0) is 12.0 Å². The second kappa shape index (κ2) is 5.00. The number of imide groups is 1. The van der Waals surface area contributed by atoms with Crippen molar-refractivity contribution in [3.05, 3.63) is 35.9 Å². The molecule has 0 N–H and O–H groups in total. The molecular weight excluding hydrogens is 234 g/mol. The zero-order chi connectivity index (χ0) is 13.1. The van der Waals surface area contributed by atoms with Crippen molar-refractivity contribution in [2.24, 2.45) is 0 Å². The summed E-state index contributed by atoms with van der Waals surface area (Å²) in [4.78, 5) is 35.0. The lowest BCUT2D eigenvalue weighted by Gasteiger charge is -2.27. The predicted octanol–water partition coefficient (Wildman–Crippen LogP) is -0.503. The number of carboxylic acids is 1. The van der Waals surface area contributed by atoms with Gasteiger partial charge in [0.2, 0.25) is 11.8 Å². The standard InChI is InChI=1S/C13H13NO4/c15-11-6-7-12(16)14(11)10(13(17)18)8-9-4-2-1-3-5-9/h1-5,10H,6-8H2,(H,17,18)/p-1/t10-/m1/s1. The zero-order valence-electron chi connectivity index (χ0n) is 9.67. The normalized spacial score (nSPS) is 17.0. The lowest BCUT2D eigenvalue weighted by molar-refractivity contribution is -0.310. The minimum Gasteiger partial charge on any atom is -0.548 e. The first-order valence-electron chi connectivity index (χ1n) is 5.69. The molecule has 0 saturated carbocycles. The molecule has 1 saturated heterocycles. The smallest absolute Gasteiger partial charge is 0.230 e. The number of hydrogen-bond acceptors (Lipinski definition) is 4. The Labute approximate surface area is 104 Å². The maximum absolute atomic E-state index is 11.5. The van der Waals surface area contributed by atoms with E-state index in [1.54, 1.807) is 24.3 Å². The second-order valence-electron chi connectivity index (χ2n) is 4.18. The molecule has 0 aliphatic carbocycles. The summed E-state index contributed by atoms with van der Waals surface area (Å²) >= 11 is 0. The van der Waals surface area contributed by atoms with Crippen molar-refractivity contribution in [3.8, 4) is 0 Å². The molecule has 2 rings (SSSR count). The van der Waals surface area contributed by atoms with Crippen LogP contribution in [0, 0.1) is 0 Å². The highest BCUT2D eigenvalue weighted by Crippen LogP contribution is 2.18. The highest BCUT2D eigenvalue weighted by molar-refractivity contribution is 6.04. The van der Waals surface area contributed by atoms with Gasteiger partial charge < -0.3 is 9.90 Å². The maximum atomic E-state index is 11.5. The van der Waals surface area contributed by atoms with Crippen LogP contribution in [0.25, 0.3) is 0 Å². The largest absolute Gasteiger partial charge is 0.548 e. The molecule has 0 radical (unpaired) electrons. The molecule has 1 aromatic rings. The fraction of sp³-hybridized carbons (Fsp3) is 0.308. The summed E-state index contributed by atoms with van der Waals surface area (Å²) < 4.78 is 0. The van der Waals surface area contributed by atoms with Crippen molar-refractivity contribution < 1.29 is 19.5 Å². The van der Waals surface area contributed by atoms with Gasteiger partial charge in [0.1, 0.15) is 0 Å². The molecular formula is C13H12NO4-. The number of rotatable bonds is 4. The first kappa shape index (κ1) is 12.3. The van der Waals surface area contributed by atoms with E-state index in [0.717, 1.165) is 10.5 Å². The first-order valence-corrected chi connectivity index (χ1v) is 5.69. The molecule has 0 aromatic heterocycles. The van der Waals surface area contributed by atoms with Gasteiger partial charge in [0.15, 0.2) is 0 Å². The second-order valence-corrected chi connectivity index (χ2v) is 4.18. The van der Waals surface area contributed by atoms with Gasteiger partial charge in [-0.3, -0.25) is 14.5 Å². The van der Waals surface area contributed by atoms with Crippen molar-refractivity contribution in [1.82, 2.24) is 4.90 Å². The van der Waals surface area contributed by atoms with E-state index in [2.05, 4.69) is 0 Å². The number of carbonyl (C=O) groups is 3. The lowest BCUT2D eigenvalue weighted by Crippen LogP contribution is -2.51. The molecule has 1 aliphatic rings. The van der Waals surface area contributed by atoms with Crippen molar-refractivity contribution >= 4 is 17.8 Å². The van der Waals surface area contributed by atoms with Gasteiger partial charge >= 0.3 is 0 Å². The Morgan fingerprint density at radius 1 is 1.17 bits per heavy atom. The topological polar surface area (TPSA) is 77.5 Å². The molecule has 5 heteroatoms. The van der Waals surface area contributed by atoms with E-state index in [0.29, 0.717) is 0 Å². The van der Waals surface area contributed by atoms with Gasteiger partial charge in [-0.15, -0.1) is 0 Å². The van der Waals surface area contributed by atoms with E-state index < -0.39 is 23.8 Å². The van der Waals surface area contributed by atoms with E-state index in [1.807, 2.05) is 6.07 Å². The van der Waals surface area contributed by atoms with Gasteiger partial charge in [-0.2, -0.15) is 0 Å². The van der Waals surface area contributed by atoms with E-state index in [1.165, 1.54) is 0 Å². The van der Waals surface area contributed by atoms with Crippen LogP contribution in [0.15, 0.2) is 30.3 Å². The van der Waals surface area contributed by atoms with E-state index in [9.17, 15) is 19.5 Å². The number of benzene rings is 1. The van der Waals surface area contributed by atoms with Crippen LogP contribution in [0.1, 0.15) is 18.4 Å². The Balaban J connectivity index is 2.21. The van der Waals surface area contributed by atoms with Gasteiger partial charge in [0.25, 0.3) is 0 Å². The molecule has 0 spiro atoms. The maximum Gasteiger partial charge on any atom is 0.230 e. The first-order chi connectivity index (χ1) is 8.59. The number of amides is 2. The number of likely N-dealkylation sites (tertiary alicyclic amines) is 1. The average molecular weight is 246 g/mol. The van der Waals surface area contributed by atoms with Crippen molar-refractivity contribution in [3.63, 3.8) is 0 Å². The zero-order valence-corrected chi connectivity index (χ0v) is 9.67. The third kappa shape index (κ3) is 2.40. The minimum atomic E-state index is -1.40. The molecule has 94 valence electrons. The molecule has 1 fully saturated rings. The number of nitrogens with zero attached hydrogens (tertiary/aromatic N) is 1. The van der Waals surface area contributed by atoms with Crippen LogP contribution < -0.4 is 5.11 Å². The molecule has 0 bridgehead atoms. The Morgan fingerprint density at radius 2 is 1.72 bits per heavy atom. The molecule has 5 nitrogen and oxygen atoms in total. The average Bonchev–Trinajstić information content (AvgIpc) is 2.67. The third-order valence-corrected chi connectivity index (χ3v) is 2.95. The molecule has 0 unspecified atom stereocenters. The van der Waals surface area contributed by atoms with Crippen LogP contribution in [-0.4, -0.2) is 28.7 Å². The van der Waals surface area contributed by atoms with Crippen LogP contribution >= 0.6 is 0 Å². The summed E-state index contributed by atoms with van der Waals surface area (Å²) in [6, 6.07) is 7.64. The Kier molecular flexibility index (Phi) is 3.41. The fourth-order valence-corrected chi connectivity index (χ4v) is 2.06. The van der Waals surface area contributed by atoms with E-state index in [-0.39, 0.29) is 19.3 Å². The molecule has 18 heavy (non-hydrogen) atoms. The van der Waals surface area contributed by atoms with Gasteiger partial charge in [-0.1, -0.05) is 30.3 Å².